The van der Waals surface area contributed by atoms with Crippen molar-refractivity contribution in [3.8, 4) is 6.07 Å². The average molecular weight is 292 g/mol. The molecule has 1 fully saturated rings. The summed E-state index contributed by atoms with van der Waals surface area (Å²) < 4.78 is 0. The zero-order chi connectivity index (χ0) is 16.3. The van der Waals surface area contributed by atoms with E-state index in [0.717, 1.165) is 25.8 Å². The molecule has 1 atom stereocenters. The Kier molecular flexibility index (Phi) is 5.44. The van der Waals surface area contributed by atoms with Crippen LogP contribution in [-0.4, -0.2) is 29.0 Å². The van der Waals surface area contributed by atoms with Crippen molar-refractivity contribution in [3.63, 3.8) is 0 Å². The molecule has 0 spiro atoms. The Hall–Kier alpha value is -1.50. The van der Waals surface area contributed by atoms with Crippen molar-refractivity contribution in [3.05, 3.63) is 11.3 Å². The zero-order valence-corrected chi connectivity index (χ0v) is 14.0. The van der Waals surface area contributed by atoms with E-state index in [9.17, 15) is 15.2 Å². The number of nitriles is 1. The molecule has 1 heterocycles. The predicted molar refractivity (Wildman–Crippen MR) is 83.6 cm³/mol. The lowest BCUT2D eigenvalue weighted by Crippen LogP contribution is -2.44. The number of amides is 1. The smallest absolute Gasteiger partial charge is 0.219 e. The Morgan fingerprint density at radius 1 is 1.48 bits per heavy atom. The molecule has 1 aliphatic heterocycles. The maximum absolute atomic E-state index is 11.6. The van der Waals surface area contributed by atoms with E-state index in [1.165, 1.54) is 0 Å². The lowest BCUT2D eigenvalue weighted by atomic mass is 9.75. The van der Waals surface area contributed by atoms with Gasteiger partial charge in [0, 0.05) is 25.4 Å². The van der Waals surface area contributed by atoms with E-state index >= 15 is 0 Å². The van der Waals surface area contributed by atoms with Gasteiger partial charge in [-0.1, -0.05) is 27.7 Å². The van der Waals surface area contributed by atoms with Gasteiger partial charge in [0.25, 0.3) is 0 Å². The Labute approximate surface area is 128 Å². The van der Waals surface area contributed by atoms with Crippen LogP contribution in [0, 0.1) is 22.2 Å². The van der Waals surface area contributed by atoms with Gasteiger partial charge in [-0.3, -0.25) is 4.79 Å². The van der Waals surface area contributed by atoms with E-state index in [2.05, 4.69) is 13.0 Å². The van der Waals surface area contributed by atoms with Gasteiger partial charge in [-0.05, 0) is 31.1 Å². The first-order valence-corrected chi connectivity index (χ1v) is 7.73. The van der Waals surface area contributed by atoms with Crippen molar-refractivity contribution in [2.24, 2.45) is 10.8 Å². The van der Waals surface area contributed by atoms with E-state index < -0.39 is 0 Å². The fourth-order valence-corrected chi connectivity index (χ4v) is 2.91. The molecule has 0 aromatic rings. The Bertz CT molecular complexity index is 474. The second kappa shape index (κ2) is 6.51. The number of allylic oxidation sites excluding steroid dienone is 2. The standard InChI is InChI=1S/C17H28N2O2/c1-6-16(3,4)15(21)14(11-18)10-17(5)8-7-9-19(12-17)13(2)20/h21H,6-10,12H2,1-5H3/b15-14-/t17-/m0/s1. The second-order valence-corrected chi connectivity index (χ2v) is 7.21. The van der Waals surface area contributed by atoms with Gasteiger partial charge in [-0.15, -0.1) is 0 Å². The van der Waals surface area contributed by atoms with Crippen molar-refractivity contribution in [2.75, 3.05) is 13.1 Å². The van der Waals surface area contributed by atoms with Crippen LogP contribution in [0.2, 0.25) is 0 Å². The number of nitrogens with zero attached hydrogens (tertiary/aromatic N) is 2. The summed E-state index contributed by atoms with van der Waals surface area (Å²) in [5.74, 6) is 0.287. The third-order valence-electron chi connectivity index (χ3n) is 4.78. The maximum atomic E-state index is 11.6. The molecule has 0 bridgehead atoms. The minimum Gasteiger partial charge on any atom is -0.511 e. The lowest BCUT2D eigenvalue weighted by molar-refractivity contribution is -0.132. The first-order chi connectivity index (χ1) is 9.65. The van der Waals surface area contributed by atoms with Gasteiger partial charge >= 0.3 is 0 Å². The fraction of sp³-hybridized carbons (Fsp3) is 0.765. The van der Waals surface area contributed by atoms with Crippen molar-refractivity contribution < 1.29 is 9.90 Å². The number of hydrogen-bond acceptors (Lipinski definition) is 3. The number of hydrogen-bond donors (Lipinski definition) is 1. The minimum atomic E-state index is -0.379. The van der Waals surface area contributed by atoms with E-state index in [1.54, 1.807) is 6.92 Å². The third kappa shape index (κ3) is 4.23. The SMILES string of the molecule is CCC(C)(C)/C(O)=C(/C#N)C[C@]1(C)CCCN(C(C)=O)C1. The summed E-state index contributed by atoms with van der Waals surface area (Å²) >= 11 is 0. The number of piperidine rings is 1. The van der Waals surface area contributed by atoms with Crippen LogP contribution in [0.4, 0.5) is 0 Å². The normalized spacial score (nSPS) is 24.3. The predicted octanol–water partition coefficient (Wildman–Crippen LogP) is 3.80. The molecule has 0 radical (unpaired) electrons. The molecule has 21 heavy (non-hydrogen) atoms. The molecule has 1 rings (SSSR count). The molecule has 4 heteroatoms. The van der Waals surface area contributed by atoms with Crippen LogP contribution in [0.5, 0.6) is 0 Å². The van der Waals surface area contributed by atoms with E-state index in [4.69, 9.17) is 0 Å². The first-order valence-electron chi connectivity index (χ1n) is 7.73. The summed E-state index contributed by atoms with van der Waals surface area (Å²) in [5, 5.41) is 19.9. The van der Waals surface area contributed by atoms with Gasteiger partial charge in [0.2, 0.25) is 5.91 Å². The summed E-state index contributed by atoms with van der Waals surface area (Å²) in [4.78, 5) is 13.4. The summed E-state index contributed by atoms with van der Waals surface area (Å²) in [6, 6.07) is 2.19. The van der Waals surface area contributed by atoms with Crippen LogP contribution in [0.25, 0.3) is 0 Å². The lowest BCUT2D eigenvalue weighted by Gasteiger charge is -2.40. The highest BCUT2D eigenvalue weighted by molar-refractivity contribution is 5.73. The van der Waals surface area contributed by atoms with Crippen molar-refractivity contribution in [1.82, 2.24) is 4.90 Å². The van der Waals surface area contributed by atoms with Crippen LogP contribution in [0.3, 0.4) is 0 Å². The van der Waals surface area contributed by atoms with Gasteiger partial charge in [0.1, 0.15) is 5.76 Å². The summed E-state index contributed by atoms with van der Waals surface area (Å²) in [6.45, 7) is 11.0. The Morgan fingerprint density at radius 3 is 2.57 bits per heavy atom. The molecule has 1 amide bonds. The van der Waals surface area contributed by atoms with Gasteiger partial charge in [-0.25, -0.2) is 0 Å². The Balaban J connectivity index is 2.98. The highest BCUT2D eigenvalue weighted by atomic mass is 16.3. The van der Waals surface area contributed by atoms with E-state index in [0.29, 0.717) is 18.5 Å². The molecule has 0 aliphatic carbocycles. The van der Waals surface area contributed by atoms with Gasteiger partial charge in [0.15, 0.2) is 0 Å². The number of carbonyl (C=O) groups excluding carboxylic acids is 1. The molecule has 0 aromatic carbocycles. The van der Waals surface area contributed by atoms with Crippen LogP contribution >= 0.6 is 0 Å². The Morgan fingerprint density at radius 2 is 2.10 bits per heavy atom. The zero-order valence-electron chi connectivity index (χ0n) is 14.0. The molecule has 0 aromatic heterocycles. The van der Waals surface area contributed by atoms with Crippen molar-refractivity contribution in [2.45, 2.75) is 60.3 Å². The second-order valence-electron chi connectivity index (χ2n) is 7.21. The van der Waals surface area contributed by atoms with Gasteiger partial charge in [-0.2, -0.15) is 5.26 Å². The average Bonchev–Trinajstić information content (AvgIpc) is 2.44. The topological polar surface area (TPSA) is 64.3 Å². The fourth-order valence-electron chi connectivity index (χ4n) is 2.91. The van der Waals surface area contributed by atoms with E-state index in [-0.39, 0.29) is 22.5 Å². The molecule has 1 aliphatic rings. The molecule has 0 saturated carbocycles. The molecule has 1 N–H and O–H groups in total. The molecule has 4 nitrogen and oxygen atoms in total. The number of rotatable bonds is 4. The summed E-state index contributed by atoms with van der Waals surface area (Å²) in [6.07, 6.45) is 3.23. The largest absolute Gasteiger partial charge is 0.511 e. The molecule has 1 saturated heterocycles. The molecular weight excluding hydrogens is 264 g/mol. The highest BCUT2D eigenvalue weighted by Crippen LogP contribution is 2.39. The number of aliphatic hydroxyl groups excluding tert-OH is 1. The number of likely N-dealkylation sites (tertiary alicyclic amines) is 1. The van der Waals surface area contributed by atoms with Crippen LogP contribution in [0.15, 0.2) is 11.3 Å². The van der Waals surface area contributed by atoms with Crippen LogP contribution in [-0.2, 0) is 4.79 Å². The summed E-state index contributed by atoms with van der Waals surface area (Å²) in [5.41, 5.74) is -0.0434. The molecular formula is C17H28N2O2. The van der Waals surface area contributed by atoms with Crippen LogP contribution < -0.4 is 0 Å². The van der Waals surface area contributed by atoms with Crippen molar-refractivity contribution >= 4 is 5.91 Å². The number of carbonyl (C=O) groups is 1. The van der Waals surface area contributed by atoms with Gasteiger partial charge < -0.3 is 10.0 Å². The van der Waals surface area contributed by atoms with Crippen molar-refractivity contribution in [1.29, 1.82) is 5.26 Å². The minimum absolute atomic E-state index is 0.0847. The van der Waals surface area contributed by atoms with Gasteiger partial charge in [0.05, 0.1) is 11.6 Å². The summed E-state index contributed by atoms with van der Waals surface area (Å²) in [7, 11) is 0. The highest BCUT2D eigenvalue weighted by Gasteiger charge is 2.35. The molecule has 0 unspecified atom stereocenters. The monoisotopic (exact) mass is 292 g/mol. The number of aliphatic hydroxyl groups is 1. The maximum Gasteiger partial charge on any atom is 0.219 e. The molecule has 118 valence electrons. The quantitative estimate of drug-likeness (QED) is 0.633. The van der Waals surface area contributed by atoms with Crippen LogP contribution in [0.1, 0.15) is 60.3 Å². The first kappa shape index (κ1) is 17.6. The van der Waals surface area contributed by atoms with E-state index in [1.807, 2.05) is 25.7 Å². The third-order valence-corrected chi connectivity index (χ3v) is 4.78.